The maximum Gasteiger partial charge on any atom is 0.273 e. The Balaban J connectivity index is 2.68. The molecular formula is C9H15N5O3S. The number of hydrogen-bond acceptors (Lipinski definition) is 7. The smallest absolute Gasteiger partial charge is 0.273 e. The second-order valence-electron chi connectivity index (χ2n) is 3.79. The summed E-state index contributed by atoms with van der Waals surface area (Å²) in [6, 6.07) is 0. The summed E-state index contributed by atoms with van der Waals surface area (Å²) in [4.78, 5) is 20.8. The highest BCUT2D eigenvalue weighted by Crippen LogP contribution is 2.02. The molecule has 1 amide bonds. The van der Waals surface area contributed by atoms with Crippen molar-refractivity contribution in [2.45, 2.75) is 0 Å². The number of aromatic nitrogens is 2. The third-order valence-corrected chi connectivity index (χ3v) is 3.09. The summed E-state index contributed by atoms with van der Waals surface area (Å²) in [7, 11) is -1.60. The Labute approximate surface area is 105 Å². The van der Waals surface area contributed by atoms with Crippen molar-refractivity contribution in [3.8, 4) is 0 Å². The molecule has 3 N–H and O–H groups in total. The molecule has 0 bridgehead atoms. The van der Waals surface area contributed by atoms with E-state index in [1.54, 1.807) is 0 Å². The van der Waals surface area contributed by atoms with Gasteiger partial charge in [-0.05, 0) is 0 Å². The second-order valence-corrected chi connectivity index (χ2v) is 6.05. The zero-order valence-corrected chi connectivity index (χ0v) is 10.9. The molecule has 0 radical (unpaired) electrons. The number of hydrogen-bond donors (Lipinski definition) is 2. The number of rotatable bonds is 5. The van der Waals surface area contributed by atoms with E-state index in [1.165, 1.54) is 24.3 Å². The third-order valence-electron chi connectivity index (χ3n) is 2.16. The standard InChI is InChI=1S/C9H15N5O3S/c1-14(3-4-18(2,16)17)9(15)7-5-12-8(13-10)6-11-7/h5-6H,3-4,10H2,1-2H3,(H,12,13). The van der Waals surface area contributed by atoms with Gasteiger partial charge in [-0.25, -0.2) is 24.2 Å². The summed E-state index contributed by atoms with van der Waals surface area (Å²) in [5, 5.41) is 0. The fourth-order valence-corrected chi connectivity index (χ4v) is 1.72. The number of hydrazine groups is 1. The van der Waals surface area contributed by atoms with Gasteiger partial charge in [0.1, 0.15) is 15.5 Å². The molecule has 1 aromatic rings. The van der Waals surface area contributed by atoms with E-state index in [1.807, 2.05) is 0 Å². The monoisotopic (exact) mass is 273 g/mol. The van der Waals surface area contributed by atoms with Gasteiger partial charge in [0, 0.05) is 19.8 Å². The lowest BCUT2D eigenvalue weighted by atomic mass is 10.4. The Kier molecular flexibility index (Phi) is 4.56. The zero-order valence-electron chi connectivity index (χ0n) is 10.1. The maximum atomic E-state index is 11.8. The summed E-state index contributed by atoms with van der Waals surface area (Å²) in [5.41, 5.74) is 2.42. The molecule has 100 valence electrons. The van der Waals surface area contributed by atoms with Crippen LogP contribution < -0.4 is 11.3 Å². The van der Waals surface area contributed by atoms with Gasteiger partial charge in [0.25, 0.3) is 5.91 Å². The fourth-order valence-electron chi connectivity index (χ4n) is 1.11. The molecule has 0 aliphatic rings. The Hall–Kier alpha value is -1.74. The Morgan fingerprint density at radius 3 is 2.56 bits per heavy atom. The van der Waals surface area contributed by atoms with Crippen molar-refractivity contribution in [3.05, 3.63) is 18.1 Å². The minimum absolute atomic E-state index is 0.0922. The number of nitrogens with two attached hydrogens (primary N) is 1. The Bertz CT molecular complexity index is 514. The van der Waals surface area contributed by atoms with Crippen LogP contribution in [0, 0.1) is 0 Å². The lowest BCUT2D eigenvalue weighted by molar-refractivity contribution is 0.0797. The average molecular weight is 273 g/mol. The van der Waals surface area contributed by atoms with Gasteiger partial charge in [-0.3, -0.25) is 4.79 Å². The second kappa shape index (κ2) is 5.74. The number of nitrogen functional groups attached to an aromatic ring is 1. The first-order valence-electron chi connectivity index (χ1n) is 5.05. The lowest BCUT2D eigenvalue weighted by Crippen LogP contribution is -2.32. The van der Waals surface area contributed by atoms with Crippen LogP contribution in [0.3, 0.4) is 0 Å². The van der Waals surface area contributed by atoms with Gasteiger partial charge in [-0.2, -0.15) is 0 Å². The third kappa shape index (κ3) is 4.26. The van der Waals surface area contributed by atoms with Crippen molar-refractivity contribution >= 4 is 21.6 Å². The Morgan fingerprint density at radius 1 is 1.44 bits per heavy atom. The summed E-state index contributed by atoms with van der Waals surface area (Å²) >= 11 is 0. The molecule has 0 aliphatic heterocycles. The van der Waals surface area contributed by atoms with E-state index in [9.17, 15) is 13.2 Å². The molecule has 1 rings (SSSR count). The van der Waals surface area contributed by atoms with Crippen LogP contribution in [-0.4, -0.2) is 54.8 Å². The van der Waals surface area contributed by atoms with Gasteiger partial charge >= 0.3 is 0 Å². The van der Waals surface area contributed by atoms with Crippen LogP contribution in [0.25, 0.3) is 0 Å². The summed E-state index contributed by atoms with van der Waals surface area (Å²) in [6.07, 6.45) is 3.71. The van der Waals surface area contributed by atoms with Gasteiger partial charge in [0.05, 0.1) is 18.1 Å². The molecule has 8 nitrogen and oxygen atoms in total. The van der Waals surface area contributed by atoms with Crippen LogP contribution in [0.2, 0.25) is 0 Å². The number of sulfone groups is 1. The normalized spacial score (nSPS) is 11.1. The van der Waals surface area contributed by atoms with E-state index in [-0.39, 0.29) is 18.0 Å². The van der Waals surface area contributed by atoms with Gasteiger partial charge < -0.3 is 10.3 Å². The predicted molar refractivity (Wildman–Crippen MR) is 66.5 cm³/mol. The SMILES string of the molecule is CN(CCS(C)(=O)=O)C(=O)c1cnc(NN)cn1. The van der Waals surface area contributed by atoms with Crippen LogP contribution in [-0.2, 0) is 9.84 Å². The zero-order chi connectivity index (χ0) is 13.8. The molecule has 1 aromatic heterocycles. The highest BCUT2D eigenvalue weighted by atomic mass is 32.2. The summed E-state index contributed by atoms with van der Waals surface area (Å²) < 4.78 is 22.0. The number of anilines is 1. The van der Waals surface area contributed by atoms with Gasteiger partial charge in [-0.15, -0.1) is 0 Å². The van der Waals surface area contributed by atoms with Crippen molar-refractivity contribution in [2.75, 3.05) is 31.0 Å². The molecule has 18 heavy (non-hydrogen) atoms. The van der Waals surface area contributed by atoms with Crippen molar-refractivity contribution in [2.24, 2.45) is 5.84 Å². The highest BCUT2D eigenvalue weighted by Gasteiger charge is 2.15. The van der Waals surface area contributed by atoms with Gasteiger partial charge in [0.15, 0.2) is 5.82 Å². The van der Waals surface area contributed by atoms with Crippen LogP contribution in [0.4, 0.5) is 5.82 Å². The fraction of sp³-hybridized carbons (Fsp3) is 0.444. The number of nitrogens with one attached hydrogen (secondary N) is 1. The van der Waals surface area contributed by atoms with Gasteiger partial charge in [0.2, 0.25) is 0 Å². The van der Waals surface area contributed by atoms with E-state index in [0.717, 1.165) is 6.26 Å². The molecular weight excluding hydrogens is 258 g/mol. The Morgan fingerprint density at radius 2 is 2.11 bits per heavy atom. The topological polar surface area (TPSA) is 118 Å². The average Bonchev–Trinajstić information content (AvgIpc) is 2.34. The van der Waals surface area contributed by atoms with Crippen molar-refractivity contribution < 1.29 is 13.2 Å². The van der Waals surface area contributed by atoms with E-state index in [4.69, 9.17) is 5.84 Å². The molecule has 0 saturated heterocycles. The first-order valence-corrected chi connectivity index (χ1v) is 7.11. The molecule has 0 unspecified atom stereocenters. The molecule has 0 aromatic carbocycles. The van der Waals surface area contributed by atoms with Crippen molar-refractivity contribution in [1.29, 1.82) is 0 Å². The van der Waals surface area contributed by atoms with E-state index in [2.05, 4.69) is 15.4 Å². The van der Waals surface area contributed by atoms with E-state index in [0.29, 0.717) is 5.82 Å². The van der Waals surface area contributed by atoms with Gasteiger partial charge in [-0.1, -0.05) is 0 Å². The molecule has 0 spiro atoms. The highest BCUT2D eigenvalue weighted by molar-refractivity contribution is 7.90. The van der Waals surface area contributed by atoms with E-state index >= 15 is 0 Å². The number of nitrogens with zero attached hydrogens (tertiary/aromatic N) is 3. The minimum atomic E-state index is -3.10. The molecule has 9 heteroatoms. The molecule has 0 saturated carbocycles. The van der Waals surface area contributed by atoms with E-state index < -0.39 is 15.7 Å². The predicted octanol–water partition coefficient (Wildman–Crippen LogP) is -1.12. The van der Waals surface area contributed by atoms with Crippen molar-refractivity contribution in [1.82, 2.24) is 14.9 Å². The summed E-state index contributed by atoms with van der Waals surface area (Å²) in [6.45, 7) is 0.107. The first-order chi connectivity index (χ1) is 8.33. The molecule has 0 atom stereocenters. The van der Waals surface area contributed by atoms with Crippen LogP contribution in [0.5, 0.6) is 0 Å². The van der Waals surface area contributed by atoms with Crippen LogP contribution in [0.15, 0.2) is 12.4 Å². The van der Waals surface area contributed by atoms with Crippen LogP contribution in [0.1, 0.15) is 10.5 Å². The summed E-state index contributed by atoms with van der Waals surface area (Å²) in [5.74, 6) is 4.97. The largest absolute Gasteiger partial charge is 0.339 e. The van der Waals surface area contributed by atoms with Crippen LogP contribution >= 0.6 is 0 Å². The number of carbonyl (C=O) groups is 1. The molecule has 1 heterocycles. The number of amides is 1. The quantitative estimate of drug-likeness (QED) is 0.515. The minimum Gasteiger partial charge on any atom is -0.339 e. The lowest BCUT2D eigenvalue weighted by Gasteiger charge is -2.15. The maximum absolute atomic E-state index is 11.8. The molecule has 0 aliphatic carbocycles. The van der Waals surface area contributed by atoms with Crippen molar-refractivity contribution in [3.63, 3.8) is 0 Å². The molecule has 0 fully saturated rings. The first kappa shape index (κ1) is 14.3. The number of carbonyl (C=O) groups excluding carboxylic acids is 1.